The summed E-state index contributed by atoms with van der Waals surface area (Å²) < 4.78 is 37.8. The van der Waals surface area contributed by atoms with E-state index in [1.54, 1.807) is 31.5 Å². The van der Waals surface area contributed by atoms with Crippen LogP contribution < -0.4 is 5.32 Å². The van der Waals surface area contributed by atoms with Gasteiger partial charge in [-0.1, -0.05) is 0 Å². The van der Waals surface area contributed by atoms with Crippen molar-refractivity contribution < 1.29 is 17.6 Å². The van der Waals surface area contributed by atoms with Gasteiger partial charge >= 0.3 is 0 Å². The molecule has 1 N–H and O–H groups in total. The summed E-state index contributed by atoms with van der Waals surface area (Å²) in [5.41, 5.74) is 0. The number of rotatable bonds is 6. The molecule has 1 aromatic heterocycles. The summed E-state index contributed by atoms with van der Waals surface area (Å²) in [4.78, 5) is 0.283. The lowest BCUT2D eigenvalue weighted by Crippen LogP contribution is -2.41. The molecule has 1 fully saturated rings. The molecule has 0 spiro atoms. The summed E-state index contributed by atoms with van der Waals surface area (Å²) in [6.45, 7) is 3.89. The summed E-state index contributed by atoms with van der Waals surface area (Å²) in [7, 11) is -0.0370. The minimum Gasteiger partial charge on any atom is -0.464 e. The third kappa shape index (κ3) is 3.66. The van der Waals surface area contributed by atoms with Gasteiger partial charge in [0.25, 0.3) is 0 Å². The average molecular weight is 316 g/mol. The van der Waals surface area contributed by atoms with Crippen LogP contribution in [0, 0.1) is 12.8 Å². The molecular weight excluding hydrogens is 292 g/mol. The number of piperidine rings is 1. The summed E-state index contributed by atoms with van der Waals surface area (Å²) >= 11 is 0. The molecule has 7 heteroatoms. The number of nitrogens with zero attached hydrogens (tertiary/aromatic N) is 1. The quantitative estimate of drug-likeness (QED) is 0.858. The third-order valence-corrected chi connectivity index (χ3v) is 5.75. The second kappa shape index (κ2) is 6.91. The van der Waals surface area contributed by atoms with Crippen LogP contribution in [0.5, 0.6) is 0 Å². The molecule has 120 valence electrons. The van der Waals surface area contributed by atoms with Gasteiger partial charge in [-0.25, -0.2) is 8.42 Å². The standard InChI is InChI=1S/C14H24N2O4S/c1-11-14(7-13(20-11)8-15-2)21(17,18)16-6-4-5-12(9-16)10-19-3/h7,12,15H,4-6,8-10H2,1-3H3. The first-order chi connectivity index (χ1) is 9.98. The number of furan rings is 1. The van der Waals surface area contributed by atoms with Crippen LogP contribution in [0.25, 0.3) is 0 Å². The van der Waals surface area contributed by atoms with Crippen molar-refractivity contribution in [1.29, 1.82) is 0 Å². The van der Waals surface area contributed by atoms with Crippen LogP contribution >= 0.6 is 0 Å². The average Bonchev–Trinajstić information content (AvgIpc) is 2.81. The SMILES string of the molecule is CNCc1cc(S(=O)(=O)N2CCCC(COC)C2)c(C)o1. The zero-order valence-electron chi connectivity index (χ0n) is 12.9. The summed E-state index contributed by atoms with van der Waals surface area (Å²) in [5, 5.41) is 2.96. The molecule has 0 amide bonds. The van der Waals surface area contributed by atoms with E-state index in [9.17, 15) is 8.42 Å². The molecule has 2 rings (SSSR count). The fraction of sp³-hybridized carbons (Fsp3) is 0.714. The topological polar surface area (TPSA) is 71.8 Å². The van der Waals surface area contributed by atoms with Crippen molar-refractivity contribution in [3.8, 4) is 0 Å². The van der Waals surface area contributed by atoms with Gasteiger partial charge in [-0.2, -0.15) is 4.31 Å². The van der Waals surface area contributed by atoms with Crippen molar-refractivity contribution in [1.82, 2.24) is 9.62 Å². The first kappa shape index (κ1) is 16.5. The Morgan fingerprint density at radius 3 is 2.95 bits per heavy atom. The Morgan fingerprint density at radius 2 is 2.29 bits per heavy atom. The smallest absolute Gasteiger partial charge is 0.246 e. The Bertz CT molecular complexity index is 566. The van der Waals surface area contributed by atoms with Gasteiger partial charge in [0.1, 0.15) is 16.4 Å². The van der Waals surface area contributed by atoms with E-state index < -0.39 is 10.0 Å². The number of ether oxygens (including phenoxy) is 1. The first-order valence-electron chi connectivity index (χ1n) is 7.22. The fourth-order valence-corrected chi connectivity index (χ4v) is 4.54. The van der Waals surface area contributed by atoms with Crippen molar-refractivity contribution in [3.05, 3.63) is 17.6 Å². The van der Waals surface area contributed by atoms with Gasteiger partial charge < -0.3 is 14.5 Å². The Balaban J connectivity index is 2.20. The van der Waals surface area contributed by atoms with Crippen LogP contribution in [-0.2, 0) is 21.3 Å². The minimum atomic E-state index is -3.49. The molecule has 1 aliphatic heterocycles. The highest BCUT2D eigenvalue weighted by atomic mass is 32.2. The van der Waals surface area contributed by atoms with E-state index in [0.29, 0.717) is 37.8 Å². The predicted octanol–water partition coefficient (Wildman–Crippen LogP) is 1.35. The number of methoxy groups -OCH3 is 1. The van der Waals surface area contributed by atoms with Crippen molar-refractivity contribution in [2.45, 2.75) is 31.2 Å². The minimum absolute atomic E-state index is 0.266. The van der Waals surface area contributed by atoms with Crippen LogP contribution in [0.1, 0.15) is 24.4 Å². The maximum absolute atomic E-state index is 12.8. The molecule has 1 atom stereocenters. The van der Waals surface area contributed by atoms with E-state index >= 15 is 0 Å². The molecule has 6 nitrogen and oxygen atoms in total. The van der Waals surface area contributed by atoms with Crippen molar-refractivity contribution in [2.75, 3.05) is 33.9 Å². The van der Waals surface area contributed by atoms with E-state index in [2.05, 4.69) is 5.32 Å². The predicted molar refractivity (Wildman–Crippen MR) is 79.6 cm³/mol. The Labute approximate surface area is 126 Å². The van der Waals surface area contributed by atoms with Crippen LogP contribution in [-0.4, -0.2) is 46.6 Å². The Kier molecular flexibility index (Phi) is 5.43. The van der Waals surface area contributed by atoms with Gasteiger partial charge in [0.2, 0.25) is 10.0 Å². The van der Waals surface area contributed by atoms with Gasteiger partial charge in [0.05, 0.1) is 13.2 Å². The summed E-state index contributed by atoms with van der Waals surface area (Å²) in [6.07, 6.45) is 1.88. The van der Waals surface area contributed by atoms with Crippen molar-refractivity contribution in [3.63, 3.8) is 0 Å². The lowest BCUT2D eigenvalue weighted by atomic mass is 10.0. The largest absolute Gasteiger partial charge is 0.464 e. The molecule has 0 aromatic carbocycles. The lowest BCUT2D eigenvalue weighted by molar-refractivity contribution is 0.118. The maximum atomic E-state index is 12.8. The molecule has 21 heavy (non-hydrogen) atoms. The Morgan fingerprint density at radius 1 is 1.52 bits per heavy atom. The van der Waals surface area contributed by atoms with E-state index in [0.717, 1.165) is 12.8 Å². The molecular formula is C14H24N2O4S. The van der Waals surface area contributed by atoms with E-state index in [-0.39, 0.29) is 10.8 Å². The lowest BCUT2D eigenvalue weighted by Gasteiger charge is -2.31. The normalized spacial score (nSPS) is 20.8. The molecule has 0 radical (unpaired) electrons. The zero-order valence-corrected chi connectivity index (χ0v) is 13.7. The zero-order chi connectivity index (χ0) is 15.5. The first-order valence-corrected chi connectivity index (χ1v) is 8.66. The van der Waals surface area contributed by atoms with Gasteiger partial charge in [0.15, 0.2) is 0 Å². The van der Waals surface area contributed by atoms with Crippen molar-refractivity contribution in [2.24, 2.45) is 5.92 Å². The van der Waals surface area contributed by atoms with Crippen LogP contribution in [0.15, 0.2) is 15.4 Å². The van der Waals surface area contributed by atoms with E-state index in [1.807, 2.05) is 0 Å². The van der Waals surface area contributed by atoms with Gasteiger partial charge in [0, 0.05) is 26.3 Å². The summed E-state index contributed by atoms with van der Waals surface area (Å²) in [5.74, 6) is 1.36. The van der Waals surface area contributed by atoms with Crippen LogP contribution in [0.2, 0.25) is 0 Å². The number of sulfonamides is 1. The summed E-state index contributed by atoms with van der Waals surface area (Å²) in [6, 6.07) is 1.63. The molecule has 1 aliphatic rings. The highest BCUT2D eigenvalue weighted by molar-refractivity contribution is 7.89. The van der Waals surface area contributed by atoms with E-state index in [1.165, 1.54) is 0 Å². The van der Waals surface area contributed by atoms with Crippen molar-refractivity contribution >= 4 is 10.0 Å². The second-order valence-corrected chi connectivity index (χ2v) is 7.40. The van der Waals surface area contributed by atoms with E-state index in [4.69, 9.17) is 9.15 Å². The molecule has 1 saturated heterocycles. The number of aryl methyl sites for hydroxylation is 1. The third-order valence-electron chi connectivity index (χ3n) is 3.78. The molecule has 0 bridgehead atoms. The van der Waals surface area contributed by atoms with Crippen LogP contribution in [0.3, 0.4) is 0 Å². The molecule has 0 aliphatic carbocycles. The second-order valence-electron chi connectivity index (χ2n) is 5.49. The molecule has 2 heterocycles. The molecule has 1 aromatic rings. The monoisotopic (exact) mass is 316 g/mol. The number of hydrogen-bond acceptors (Lipinski definition) is 5. The van der Waals surface area contributed by atoms with Crippen LogP contribution in [0.4, 0.5) is 0 Å². The fourth-order valence-electron chi connectivity index (χ4n) is 2.80. The van der Waals surface area contributed by atoms with Gasteiger partial charge in [-0.3, -0.25) is 0 Å². The number of hydrogen-bond donors (Lipinski definition) is 1. The highest BCUT2D eigenvalue weighted by Crippen LogP contribution is 2.27. The van der Waals surface area contributed by atoms with Gasteiger partial charge in [-0.05, 0) is 32.7 Å². The van der Waals surface area contributed by atoms with Gasteiger partial charge in [-0.15, -0.1) is 0 Å². The molecule has 0 saturated carbocycles. The number of nitrogens with one attached hydrogen (secondary N) is 1. The Hall–Kier alpha value is -0.890. The maximum Gasteiger partial charge on any atom is 0.246 e. The highest BCUT2D eigenvalue weighted by Gasteiger charge is 2.32. The molecule has 1 unspecified atom stereocenters.